The molecule has 0 radical (unpaired) electrons. The fourth-order valence-electron chi connectivity index (χ4n) is 2.91. The van der Waals surface area contributed by atoms with Crippen molar-refractivity contribution in [1.82, 2.24) is 15.0 Å². The van der Waals surface area contributed by atoms with Gasteiger partial charge in [-0.1, -0.05) is 41.6 Å². The Bertz CT molecular complexity index is 809. The van der Waals surface area contributed by atoms with Crippen LogP contribution in [0.4, 0.5) is 0 Å². The molecule has 0 unspecified atom stereocenters. The third kappa shape index (κ3) is 3.65. The van der Waals surface area contributed by atoms with Gasteiger partial charge < -0.3 is 4.74 Å². The van der Waals surface area contributed by atoms with E-state index in [1.165, 1.54) is 22.3 Å². The molecule has 0 spiro atoms. The van der Waals surface area contributed by atoms with Crippen molar-refractivity contribution in [2.45, 2.75) is 33.2 Å². The van der Waals surface area contributed by atoms with Crippen LogP contribution in [0, 0.1) is 13.8 Å². The Morgan fingerprint density at radius 1 is 0.958 bits per heavy atom. The highest BCUT2D eigenvalue weighted by Gasteiger charge is 2.08. The lowest BCUT2D eigenvalue weighted by atomic mass is 9.98. The highest BCUT2D eigenvalue weighted by molar-refractivity contribution is 5.43. The van der Waals surface area contributed by atoms with Gasteiger partial charge in [0.15, 0.2) is 0 Å². The van der Waals surface area contributed by atoms with Gasteiger partial charge in [0, 0.05) is 6.20 Å². The van der Waals surface area contributed by atoms with Crippen LogP contribution in [0.1, 0.15) is 27.9 Å². The lowest BCUT2D eigenvalue weighted by Crippen LogP contribution is -2.00. The van der Waals surface area contributed by atoms with E-state index in [4.69, 9.17) is 4.74 Å². The zero-order valence-electron chi connectivity index (χ0n) is 14.5. The fraction of sp³-hybridized carbons (Fsp3) is 0.300. The van der Waals surface area contributed by atoms with E-state index < -0.39 is 0 Å². The number of aromatic nitrogens is 3. The first-order valence-electron chi connectivity index (χ1n) is 8.23. The van der Waals surface area contributed by atoms with Gasteiger partial charge in [-0.05, 0) is 55.0 Å². The van der Waals surface area contributed by atoms with E-state index >= 15 is 0 Å². The number of nitrogens with zero attached hydrogens (tertiary/aromatic N) is 3. The van der Waals surface area contributed by atoms with Crippen molar-refractivity contribution in [2.24, 2.45) is 0 Å². The first kappa shape index (κ1) is 16.2. The number of ether oxygens (including phenoxy) is 1. The second-order valence-electron chi connectivity index (χ2n) is 6.07. The largest absolute Gasteiger partial charge is 0.496 e. The van der Waals surface area contributed by atoms with Crippen LogP contribution in [-0.4, -0.2) is 22.1 Å². The Kier molecular flexibility index (Phi) is 4.94. The smallest absolute Gasteiger partial charge is 0.122 e. The number of methoxy groups -OCH3 is 1. The number of hydrogen-bond donors (Lipinski definition) is 0. The van der Waals surface area contributed by atoms with E-state index in [2.05, 4.69) is 42.4 Å². The zero-order valence-corrected chi connectivity index (χ0v) is 14.5. The molecule has 0 bridgehead atoms. The standard InChI is InChI=1S/C20H23N3O/c1-15-16(2)20(24-3)12-10-18(15)9-11-19-14-23(22-21-19)13-17-7-5-4-6-8-17/h4-8,10,12,14H,9,11,13H2,1-3H3. The van der Waals surface area contributed by atoms with Crippen LogP contribution >= 0.6 is 0 Å². The molecular formula is C20H23N3O. The Balaban J connectivity index is 1.65. The molecule has 1 aromatic heterocycles. The van der Waals surface area contributed by atoms with Crippen LogP contribution < -0.4 is 4.74 Å². The maximum Gasteiger partial charge on any atom is 0.122 e. The number of hydrogen-bond acceptors (Lipinski definition) is 3. The number of benzene rings is 2. The quantitative estimate of drug-likeness (QED) is 0.694. The minimum Gasteiger partial charge on any atom is -0.496 e. The molecule has 4 nitrogen and oxygen atoms in total. The summed E-state index contributed by atoms with van der Waals surface area (Å²) in [6.45, 7) is 5.02. The van der Waals surface area contributed by atoms with Crippen molar-refractivity contribution < 1.29 is 4.74 Å². The van der Waals surface area contributed by atoms with Crippen molar-refractivity contribution in [2.75, 3.05) is 7.11 Å². The van der Waals surface area contributed by atoms with Crippen LogP contribution in [0.15, 0.2) is 48.7 Å². The first-order valence-corrected chi connectivity index (χ1v) is 8.23. The Hall–Kier alpha value is -2.62. The van der Waals surface area contributed by atoms with Crippen molar-refractivity contribution in [3.05, 3.63) is 76.6 Å². The van der Waals surface area contributed by atoms with Crippen LogP contribution in [-0.2, 0) is 19.4 Å². The molecule has 4 heteroatoms. The Labute approximate surface area is 143 Å². The van der Waals surface area contributed by atoms with Crippen molar-refractivity contribution >= 4 is 0 Å². The molecule has 1 heterocycles. The molecule has 0 saturated carbocycles. The SMILES string of the molecule is COc1ccc(CCc2cn(Cc3ccccc3)nn2)c(C)c1C. The Morgan fingerprint density at radius 3 is 2.50 bits per heavy atom. The summed E-state index contributed by atoms with van der Waals surface area (Å²) in [4.78, 5) is 0. The molecule has 0 aliphatic carbocycles. The van der Waals surface area contributed by atoms with Gasteiger partial charge in [0.2, 0.25) is 0 Å². The summed E-state index contributed by atoms with van der Waals surface area (Å²) in [5.74, 6) is 0.949. The summed E-state index contributed by atoms with van der Waals surface area (Å²) in [7, 11) is 1.71. The molecule has 124 valence electrons. The number of aryl methyl sites for hydroxylation is 2. The summed E-state index contributed by atoms with van der Waals surface area (Å²) in [6, 6.07) is 14.5. The summed E-state index contributed by atoms with van der Waals surface area (Å²) >= 11 is 0. The van der Waals surface area contributed by atoms with Crippen LogP contribution in [0.5, 0.6) is 5.75 Å². The molecular weight excluding hydrogens is 298 g/mol. The minimum absolute atomic E-state index is 0.758. The van der Waals surface area contributed by atoms with E-state index in [1.54, 1.807) is 7.11 Å². The molecule has 0 atom stereocenters. The van der Waals surface area contributed by atoms with E-state index in [9.17, 15) is 0 Å². The molecule has 0 amide bonds. The average Bonchev–Trinajstić information content (AvgIpc) is 3.04. The number of rotatable bonds is 6. The molecule has 24 heavy (non-hydrogen) atoms. The normalized spacial score (nSPS) is 10.8. The van der Waals surface area contributed by atoms with Gasteiger partial charge in [0.05, 0.1) is 19.3 Å². The summed E-state index contributed by atoms with van der Waals surface area (Å²) in [6.07, 6.45) is 3.89. The van der Waals surface area contributed by atoms with Crippen LogP contribution in [0.3, 0.4) is 0 Å². The van der Waals surface area contributed by atoms with Gasteiger partial charge >= 0.3 is 0 Å². The summed E-state index contributed by atoms with van der Waals surface area (Å²) in [5, 5.41) is 8.54. The first-order chi connectivity index (χ1) is 11.7. The van der Waals surface area contributed by atoms with Crippen LogP contribution in [0.2, 0.25) is 0 Å². The fourth-order valence-corrected chi connectivity index (χ4v) is 2.91. The molecule has 0 aliphatic heterocycles. The molecule has 3 aromatic rings. The third-order valence-corrected chi connectivity index (χ3v) is 4.49. The lowest BCUT2D eigenvalue weighted by molar-refractivity contribution is 0.411. The van der Waals surface area contributed by atoms with Gasteiger partial charge in [-0.3, -0.25) is 0 Å². The van der Waals surface area contributed by atoms with Gasteiger partial charge in [-0.25, -0.2) is 4.68 Å². The van der Waals surface area contributed by atoms with Crippen molar-refractivity contribution in [3.8, 4) is 5.75 Å². The van der Waals surface area contributed by atoms with E-state index in [0.717, 1.165) is 30.8 Å². The highest BCUT2D eigenvalue weighted by atomic mass is 16.5. The minimum atomic E-state index is 0.758. The van der Waals surface area contributed by atoms with Crippen molar-refractivity contribution in [1.29, 1.82) is 0 Å². The van der Waals surface area contributed by atoms with E-state index in [0.29, 0.717) is 0 Å². The molecule has 0 aliphatic rings. The van der Waals surface area contributed by atoms with Gasteiger partial charge in [0.25, 0.3) is 0 Å². The Morgan fingerprint density at radius 2 is 1.75 bits per heavy atom. The van der Waals surface area contributed by atoms with Gasteiger partial charge in [0.1, 0.15) is 5.75 Å². The predicted octanol–water partition coefficient (Wildman–Crippen LogP) is 3.74. The van der Waals surface area contributed by atoms with E-state index in [-0.39, 0.29) is 0 Å². The molecule has 0 saturated heterocycles. The predicted molar refractivity (Wildman–Crippen MR) is 95.4 cm³/mol. The zero-order chi connectivity index (χ0) is 16.9. The molecule has 0 N–H and O–H groups in total. The van der Waals surface area contributed by atoms with Crippen molar-refractivity contribution in [3.63, 3.8) is 0 Å². The monoisotopic (exact) mass is 321 g/mol. The molecule has 3 rings (SSSR count). The van der Waals surface area contributed by atoms with Gasteiger partial charge in [-0.15, -0.1) is 5.10 Å². The molecule has 0 fully saturated rings. The second kappa shape index (κ2) is 7.30. The maximum atomic E-state index is 5.38. The molecule has 2 aromatic carbocycles. The maximum absolute atomic E-state index is 5.38. The summed E-state index contributed by atoms with van der Waals surface area (Å²) in [5.41, 5.74) is 6.11. The van der Waals surface area contributed by atoms with E-state index in [1.807, 2.05) is 35.1 Å². The lowest BCUT2D eigenvalue weighted by Gasteiger charge is -2.12. The van der Waals surface area contributed by atoms with Crippen LogP contribution in [0.25, 0.3) is 0 Å². The summed E-state index contributed by atoms with van der Waals surface area (Å²) < 4.78 is 7.28. The van der Waals surface area contributed by atoms with Gasteiger partial charge in [-0.2, -0.15) is 0 Å². The third-order valence-electron chi connectivity index (χ3n) is 4.49. The second-order valence-corrected chi connectivity index (χ2v) is 6.07. The highest BCUT2D eigenvalue weighted by Crippen LogP contribution is 2.24. The average molecular weight is 321 g/mol. The topological polar surface area (TPSA) is 39.9 Å².